The minimum Gasteiger partial charge on any atom is -0.354 e. The number of nitrogens with zero attached hydrogens (tertiary/aromatic N) is 6. The van der Waals surface area contributed by atoms with Crippen LogP contribution in [0.3, 0.4) is 0 Å². The second kappa shape index (κ2) is 5.81. The molecule has 1 fully saturated rings. The predicted molar refractivity (Wildman–Crippen MR) is 83.0 cm³/mol. The molecule has 0 radical (unpaired) electrons. The van der Waals surface area contributed by atoms with Crippen molar-refractivity contribution in [3.63, 3.8) is 0 Å². The lowest BCUT2D eigenvalue weighted by Gasteiger charge is -2.21. The Morgan fingerprint density at radius 2 is 1.81 bits per heavy atom. The second-order valence-corrected chi connectivity index (χ2v) is 5.72. The van der Waals surface area contributed by atoms with Gasteiger partial charge in [0, 0.05) is 25.3 Å². The molecule has 0 aliphatic carbocycles. The Labute approximate surface area is 125 Å². The first-order valence-corrected chi connectivity index (χ1v) is 7.42. The minimum atomic E-state index is 0.788. The largest absolute Gasteiger partial charge is 0.354 e. The highest BCUT2D eigenvalue weighted by atomic mass is 15.3. The van der Waals surface area contributed by atoms with Crippen LogP contribution in [-0.2, 0) is 0 Å². The molecule has 0 bridgehead atoms. The Morgan fingerprint density at radius 1 is 1.00 bits per heavy atom. The first-order chi connectivity index (χ1) is 10.1. The molecule has 0 spiro atoms. The zero-order valence-electron chi connectivity index (χ0n) is 13.0. The van der Waals surface area contributed by atoms with Crippen molar-refractivity contribution in [1.82, 2.24) is 24.6 Å². The molecule has 1 aliphatic heterocycles. The molecule has 0 aromatic carbocycles. The summed E-state index contributed by atoms with van der Waals surface area (Å²) in [5.41, 5.74) is 2.07. The highest BCUT2D eigenvalue weighted by molar-refractivity contribution is 5.40. The maximum absolute atomic E-state index is 4.75. The van der Waals surface area contributed by atoms with E-state index in [0.29, 0.717) is 0 Å². The average Bonchev–Trinajstić information content (AvgIpc) is 2.68. The van der Waals surface area contributed by atoms with Crippen LogP contribution < -0.4 is 4.90 Å². The summed E-state index contributed by atoms with van der Waals surface area (Å²) in [4.78, 5) is 13.8. The molecule has 1 aliphatic rings. The monoisotopic (exact) mass is 286 g/mol. The van der Waals surface area contributed by atoms with Crippen molar-refractivity contribution in [2.45, 2.75) is 20.3 Å². The van der Waals surface area contributed by atoms with E-state index < -0.39 is 0 Å². The molecule has 0 amide bonds. The van der Waals surface area contributed by atoms with Gasteiger partial charge in [-0.05, 0) is 39.9 Å². The smallest absolute Gasteiger partial charge is 0.174 e. The molecular formula is C15H22N6. The maximum atomic E-state index is 4.75. The van der Waals surface area contributed by atoms with Crippen LogP contribution in [0, 0.1) is 13.8 Å². The molecule has 2 aromatic rings. The summed E-state index contributed by atoms with van der Waals surface area (Å²) in [6.07, 6.45) is 4.77. The van der Waals surface area contributed by atoms with Crippen molar-refractivity contribution in [3.8, 4) is 5.82 Å². The second-order valence-electron chi connectivity index (χ2n) is 5.72. The van der Waals surface area contributed by atoms with Crippen molar-refractivity contribution in [1.29, 1.82) is 0 Å². The van der Waals surface area contributed by atoms with Gasteiger partial charge in [-0.3, -0.25) is 4.98 Å². The lowest BCUT2D eigenvalue weighted by Crippen LogP contribution is -2.29. The summed E-state index contributed by atoms with van der Waals surface area (Å²) in [6, 6.07) is 2.05. The summed E-state index contributed by atoms with van der Waals surface area (Å²) < 4.78 is 1.86. The Balaban J connectivity index is 1.87. The van der Waals surface area contributed by atoms with E-state index in [2.05, 4.69) is 33.0 Å². The van der Waals surface area contributed by atoms with Gasteiger partial charge < -0.3 is 9.80 Å². The molecule has 3 rings (SSSR count). The first-order valence-electron chi connectivity index (χ1n) is 7.42. The SMILES string of the molecule is Cc1cc(C)n(-c2cncc(N3CCCN(C)CC3)n2)n1. The number of aromatic nitrogens is 4. The molecule has 112 valence electrons. The number of anilines is 1. The van der Waals surface area contributed by atoms with Crippen molar-refractivity contribution in [2.75, 3.05) is 38.1 Å². The summed E-state index contributed by atoms with van der Waals surface area (Å²) >= 11 is 0. The van der Waals surface area contributed by atoms with Crippen LogP contribution >= 0.6 is 0 Å². The van der Waals surface area contributed by atoms with Crippen LogP contribution in [0.1, 0.15) is 17.8 Å². The fraction of sp³-hybridized carbons (Fsp3) is 0.533. The van der Waals surface area contributed by atoms with Crippen molar-refractivity contribution < 1.29 is 0 Å². The van der Waals surface area contributed by atoms with Crippen LogP contribution in [0.5, 0.6) is 0 Å². The zero-order chi connectivity index (χ0) is 14.8. The molecule has 0 saturated carbocycles. The Hall–Kier alpha value is -1.95. The third kappa shape index (κ3) is 3.05. The van der Waals surface area contributed by atoms with E-state index in [1.807, 2.05) is 24.7 Å². The normalized spacial score (nSPS) is 17.0. The number of rotatable bonds is 2. The number of hydrogen-bond donors (Lipinski definition) is 0. The molecule has 1 saturated heterocycles. The summed E-state index contributed by atoms with van der Waals surface area (Å²) in [5, 5.41) is 4.48. The van der Waals surface area contributed by atoms with Gasteiger partial charge in [-0.2, -0.15) is 5.10 Å². The zero-order valence-corrected chi connectivity index (χ0v) is 13.0. The minimum absolute atomic E-state index is 0.788. The van der Waals surface area contributed by atoms with Gasteiger partial charge in [-0.15, -0.1) is 0 Å². The fourth-order valence-corrected chi connectivity index (χ4v) is 2.74. The van der Waals surface area contributed by atoms with E-state index in [9.17, 15) is 0 Å². The predicted octanol–water partition coefficient (Wildman–Crippen LogP) is 1.42. The van der Waals surface area contributed by atoms with Gasteiger partial charge in [0.1, 0.15) is 5.82 Å². The van der Waals surface area contributed by atoms with E-state index in [4.69, 9.17) is 4.98 Å². The maximum Gasteiger partial charge on any atom is 0.174 e. The molecule has 6 nitrogen and oxygen atoms in total. The van der Waals surface area contributed by atoms with Crippen LogP contribution in [0.25, 0.3) is 5.82 Å². The van der Waals surface area contributed by atoms with Crippen LogP contribution in [0.4, 0.5) is 5.82 Å². The summed E-state index contributed by atoms with van der Waals surface area (Å²) in [6.45, 7) is 8.25. The van der Waals surface area contributed by atoms with Crippen molar-refractivity contribution in [3.05, 3.63) is 29.8 Å². The Bertz CT molecular complexity index is 620. The van der Waals surface area contributed by atoms with E-state index in [0.717, 1.165) is 55.6 Å². The highest BCUT2D eigenvalue weighted by Crippen LogP contribution is 2.15. The van der Waals surface area contributed by atoms with Gasteiger partial charge in [-0.1, -0.05) is 0 Å². The highest BCUT2D eigenvalue weighted by Gasteiger charge is 2.15. The van der Waals surface area contributed by atoms with E-state index in [-0.39, 0.29) is 0 Å². The number of hydrogen-bond acceptors (Lipinski definition) is 5. The molecule has 21 heavy (non-hydrogen) atoms. The lowest BCUT2D eigenvalue weighted by atomic mass is 10.4. The molecule has 2 aromatic heterocycles. The van der Waals surface area contributed by atoms with Crippen LogP contribution in [0.15, 0.2) is 18.5 Å². The molecule has 3 heterocycles. The fourth-order valence-electron chi connectivity index (χ4n) is 2.74. The third-order valence-electron chi connectivity index (χ3n) is 3.88. The lowest BCUT2D eigenvalue weighted by molar-refractivity contribution is 0.360. The summed E-state index contributed by atoms with van der Waals surface area (Å²) in [7, 11) is 2.17. The van der Waals surface area contributed by atoms with E-state index in [1.165, 1.54) is 0 Å². The molecule has 6 heteroatoms. The van der Waals surface area contributed by atoms with Gasteiger partial charge >= 0.3 is 0 Å². The van der Waals surface area contributed by atoms with Gasteiger partial charge in [0.05, 0.1) is 18.1 Å². The van der Waals surface area contributed by atoms with E-state index >= 15 is 0 Å². The third-order valence-corrected chi connectivity index (χ3v) is 3.88. The van der Waals surface area contributed by atoms with Crippen LogP contribution in [0.2, 0.25) is 0 Å². The standard InChI is InChI=1S/C15H22N6/c1-12-9-13(2)21(18-12)15-11-16-10-14(17-15)20-6-4-5-19(3)7-8-20/h9-11H,4-8H2,1-3H3. The van der Waals surface area contributed by atoms with Crippen LogP contribution in [-0.4, -0.2) is 57.9 Å². The van der Waals surface area contributed by atoms with Crippen molar-refractivity contribution in [2.24, 2.45) is 0 Å². The Morgan fingerprint density at radius 3 is 2.57 bits per heavy atom. The molecule has 0 N–H and O–H groups in total. The molecule has 0 unspecified atom stereocenters. The molecule has 0 atom stereocenters. The number of aryl methyl sites for hydroxylation is 2. The van der Waals surface area contributed by atoms with Gasteiger partial charge in [0.25, 0.3) is 0 Å². The van der Waals surface area contributed by atoms with Gasteiger partial charge in [0.15, 0.2) is 5.82 Å². The summed E-state index contributed by atoms with van der Waals surface area (Å²) in [5.74, 6) is 1.73. The van der Waals surface area contributed by atoms with Crippen molar-refractivity contribution >= 4 is 5.82 Å². The topological polar surface area (TPSA) is 50.1 Å². The average molecular weight is 286 g/mol. The quantitative estimate of drug-likeness (QED) is 0.835. The first kappa shape index (κ1) is 14.0. The number of likely N-dealkylation sites (N-methyl/N-ethyl adjacent to an activating group) is 1. The van der Waals surface area contributed by atoms with E-state index in [1.54, 1.807) is 6.20 Å². The molecular weight excluding hydrogens is 264 g/mol. The van der Waals surface area contributed by atoms with Gasteiger partial charge in [0.2, 0.25) is 0 Å². The Kier molecular flexibility index (Phi) is 3.88. The van der Waals surface area contributed by atoms with Gasteiger partial charge in [-0.25, -0.2) is 9.67 Å².